The van der Waals surface area contributed by atoms with Crippen molar-refractivity contribution in [2.24, 2.45) is 0 Å². The molecule has 0 aliphatic heterocycles. The van der Waals surface area contributed by atoms with Gasteiger partial charge in [-0.25, -0.2) is 0 Å². The van der Waals surface area contributed by atoms with Gasteiger partial charge in [0.25, 0.3) is 0 Å². The molecule has 0 saturated heterocycles. The molecule has 2 radical (unpaired) electrons. The smallest absolute Gasteiger partial charge is 0.00992 e. The van der Waals surface area contributed by atoms with Gasteiger partial charge in [-0.15, -0.1) is 0 Å². The third-order valence-corrected chi connectivity index (χ3v) is 2.18. The molecule has 3 rings (SSSR count). The lowest BCUT2D eigenvalue weighted by molar-refractivity contribution is 1.70. The van der Waals surface area contributed by atoms with E-state index in [2.05, 4.69) is 30.3 Å². The molecule has 0 bridgehead atoms. The van der Waals surface area contributed by atoms with Gasteiger partial charge < -0.3 is 0 Å². The summed E-state index contributed by atoms with van der Waals surface area (Å²) < 4.78 is 0. The highest BCUT2D eigenvalue weighted by Crippen LogP contribution is 2.10. The van der Waals surface area contributed by atoms with E-state index in [0.717, 1.165) is 0 Å². The quantitative estimate of drug-likeness (QED) is 0.516. The Hall–Kier alpha value is -2.08. The second kappa shape index (κ2) is 5.72. The average molecular weight is 204 g/mol. The first-order chi connectivity index (χ1) is 7.97. The highest BCUT2D eigenvalue weighted by Gasteiger charge is 1.85. The Bertz CT molecular complexity index is 434. The van der Waals surface area contributed by atoms with Crippen LogP contribution in [-0.4, -0.2) is 0 Å². The molecule has 0 aliphatic rings. The summed E-state index contributed by atoms with van der Waals surface area (Å²) in [6, 6.07) is 29.9. The molecule has 0 nitrogen and oxygen atoms in total. The van der Waals surface area contributed by atoms with E-state index in [9.17, 15) is 0 Å². The first-order valence-corrected chi connectivity index (χ1v) is 5.23. The SMILES string of the molecule is [c]1cccc2ccccc12.[c]1ccccc1. The van der Waals surface area contributed by atoms with Crippen LogP contribution in [0.2, 0.25) is 0 Å². The van der Waals surface area contributed by atoms with Crippen molar-refractivity contribution >= 4 is 10.8 Å². The summed E-state index contributed by atoms with van der Waals surface area (Å²) in [6.07, 6.45) is 0. The lowest BCUT2D eigenvalue weighted by atomic mass is 10.1. The summed E-state index contributed by atoms with van der Waals surface area (Å²) >= 11 is 0. The Morgan fingerprint density at radius 1 is 0.625 bits per heavy atom. The molecule has 3 aromatic rings. The summed E-state index contributed by atoms with van der Waals surface area (Å²) in [5, 5.41) is 2.44. The zero-order chi connectivity index (χ0) is 11.1. The molecule has 3 aromatic carbocycles. The van der Waals surface area contributed by atoms with Gasteiger partial charge in [-0.3, -0.25) is 0 Å². The van der Waals surface area contributed by atoms with Crippen LogP contribution in [0, 0.1) is 12.1 Å². The number of benzene rings is 3. The maximum atomic E-state index is 3.15. The molecule has 0 spiro atoms. The van der Waals surface area contributed by atoms with E-state index in [1.165, 1.54) is 10.8 Å². The summed E-state index contributed by atoms with van der Waals surface area (Å²) in [7, 11) is 0. The first-order valence-electron chi connectivity index (χ1n) is 5.23. The topological polar surface area (TPSA) is 0 Å². The summed E-state index contributed by atoms with van der Waals surface area (Å²) in [5.41, 5.74) is 0. The number of hydrogen-bond donors (Lipinski definition) is 0. The predicted molar refractivity (Wildman–Crippen MR) is 68.1 cm³/mol. The van der Waals surface area contributed by atoms with Crippen LogP contribution in [-0.2, 0) is 0 Å². The fraction of sp³-hybridized carbons (Fsp3) is 0. The van der Waals surface area contributed by atoms with Crippen LogP contribution >= 0.6 is 0 Å². The molecule has 0 heteroatoms. The molecule has 0 saturated carbocycles. The minimum atomic E-state index is 1.19. The molecule has 0 aliphatic carbocycles. The predicted octanol–water partition coefficient (Wildman–Crippen LogP) is 4.13. The zero-order valence-electron chi connectivity index (χ0n) is 8.93. The van der Waals surface area contributed by atoms with Gasteiger partial charge in [0.1, 0.15) is 0 Å². The monoisotopic (exact) mass is 204 g/mol. The van der Waals surface area contributed by atoms with Crippen molar-refractivity contribution in [1.29, 1.82) is 0 Å². The van der Waals surface area contributed by atoms with Crippen molar-refractivity contribution in [3.8, 4) is 0 Å². The molecular weight excluding hydrogens is 192 g/mol. The first kappa shape index (κ1) is 10.4. The van der Waals surface area contributed by atoms with Gasteiger partial charge in [-0.05, 0) is 22.9 Å². The molecule has 0 amide bonds. The lowest BCUT2D eigenvalue weighted by Crippen LogP contribution is -1.67. The second-order valence-electron chi connectivity index (χ2n) is 3.33. The maximum absolute atomic E-state index is 3.15. The molecule has 0 unspecified atom stereocenters. The van der Waals surface area contributed by atoms with Gasteiger partial charge in [0.05, 0.1) is 0 Å². The highest BCUT2D eigenvalue weighted by atomic mass is 13.9. The fourth-order valence-corrected chi connectivity index (χ4v) is 1.41. The van der Waals surface area contributed by atoms with Crippen LogP contribution in [0.25, 0.3) is 10.8 Å². The van der Waals surface area contributed by atoms with Gasteiger partial charge in [0.15, 0.2) is 0 Å². The van der Waals surface area contributed by atoms with Gasteiger partial charge >= 0.3 is 0 Å². The number of fused-ring (bicyclic) bond motifs is 1. The Morgan fingerprint density at radius 2 is 1.38 bits per heavy atom. The van der Waals surface area contributed by atoms with Crippen LogP contribution in [0.5, 0.6) is 0 Å². The van der Waals surface area contributed by atoms with Crippen molar-refractivity contribution < 1.29 is 0 Å². The van der Waals surface area contributed by atoms with Crippen LogP contribution in [0.15, 0.2) is 72.8 Å². The normalized spacial score (nSPS) is 9.25. The standard InChI is InChI=1S/C10H7.C6H5/c1-2-6-10-8-4-3-7-9(10)5-1;1-2-4-6-5-3-1/h1-7H;1-5H. The number of hydrogen-bond acceptors (Lipinski definition) is 0. The van der Waals surface area contributed by atoms with Crippen molar-refractivity contribution in [3.63, 3.8) is 0 Å². The van der Waals surface area contributed by atoms with E-state index in [0.29, 0.717) is 0 Å². The Kier molecular flexibility index (Phi) is 3.73. The summed E-state index contributed by atoms with van der Waals surface area (Å²) in [6.45, 7) is 0. The highest BCUT2D eigenvalue weighted by molar-refractivity contribution is 5.81. The summed E-state index contributed by atoms with van der Waals surface area (Å²) in [4.78, 5) is 0. The average Bonchev–Trinajstić information content (AvgIpc) is 2.42. The third kappa shape index (κ3) is 2.96. The van der Waals surface area contributed by atoms with Gasteiger partial charge in [-0.1, -0.05) is 72.8 Å². The maximum Gasteiger partial charge on any atom is -0.00992 e. The van der Waals surface area contributed by atoms with Crippen molar-refractivity contribution in [1.82, 2.24) is 0 Å². The van der Waals surface area contributed by atoms with E-state index >= 15 is 0 Å². The second-order valence-corrected chi connectivity index (χ2v) is 3.33. The van der Waals surface area contributed by atoms with Crippen LogP contribution in [0.1, 0.15) is 0 Å². The van der Waals surface area contributed by atoms with Crippen LogP contribution < -0.4 is 0 Å². The fourth-order valence-electron chi connectivity index (χ4n) is 1.41. The zero-order valence-corrected chi connectivity index (χ0v) is 8.93. The largest absolute Gasteiger partial charge is 0.0622 e. The Balaban J connectivity index is 0.000000138. The minimum absolute atomic E-state index is 1.19. The van der Waals surface area contributed by atoms with E-state index in [4.69, 9.17) is 0 Å². The lowest BCUT2D eigenvalue weighted by Gasteiger charge is -1.91. The molecule has 0 N–H and O–H groups in total. The molecule has 0 aromatic heterocycles. The van der Waals surface area contributed by atoms with Crippen molar-refractivity contribution in [2.45, 2.75) is 0 Å². The minimum Gasteiger partial charge on any atom is -0.0622 e. The molecule has 0 fully saturated rings. The molecule has 0 atom stereocenters. The van der Waals surface area contributed by atoms with E-state index < -0.39 is 0 Å². The van der Waals surface area contributed by atoms with Crippen LogP contribution in [0.3, 0.4) is 0 Å². The van der Waals surface area contributed by atoms with Gasteiger partial charge in [-0.2, -0.15) is 0 Å². The van der Waals surface area contributed by atoms with E-state index in [1.54, 1.807) is 0 Å². The third-order valence-electron chi connectivity index (χ3n) is 2.18. The molecule has 16 heavy (non-hydrogen) atoms. The van der Waals surface area contributed by atoms with E-state index in [1.807, 2.05) is 54.6 Å². The number of rotatable bonds is 0. The molecule has 76 valence electrons. The van der Waals surface area contributed by atoms with Gasteiger partial charge in [0, 0.05) is 0 Å². The van der Waals surface area contributed by atoms with Crippen molar-refractivity contribution in [3.05, 3.63) is 84.9 Å². The van der Waals surface area contributed by atoms with E-state index in [-0.39, 0.29) is 0 Å². The Morgan fingerprint density at radius 3 is 2.00 bits per heavy atom. The Labute approximate surface area is 96.2 Å². The summed E-state index contributed by atoms with van der Waals surface area (Å²) in [5.74, 6) is 0. The van der Waals surface area contributed by atoms with Gasteiger partial charge in [0.2, 0.25) is 0 Å². The van der Waals surface area contributed by atoms with Crippen LogP contribution in [0.4, 0.5) is 0 Å². The molecule has 0 heterocycles. The van der Waals surface area contributed by atoms with Crippen molar-refractivity contribution in [2.75, 3.05) is 0 Å². The molecular formula is C16H12.